The normalized spacial score (nSPS) is 23.2. The largest absolute Gasteiger partial charge is 0.394 e. The Hall–Kier alpha value is -3.07. The molecule has 0 aromatic heterocycles. The van der Waals surface area contributed by atoms with Gasteiger partial charge in [0, 0.05) is 12.5 Å². The quantitative estimate of drug-likeness (QED) is 0.627. The molecular formula is C25H23FN2O4S. The number of carbonyl (C=O) groups excluding carboxylic acids is 1. The van der Waals surface area contributed by atoms with Gasteiger partial charge in [-0.15, -0.1) is 0 Å². The van der Waals surface area contributed by atoms with Gasteiger partial charge in [0.2, 0.25) is 15.9 Å². The summed E-state index contributed by atoms with van der Waals surface area (Å²) in [6, 6.07) is 21.9. The number of piperazine rings is 1. The molecule has 2 aliphatic heterocycles. The monoisotopic (exact) mass is 466 g/mol. The van der Waals surface area contributed by atoms with Gasteiger partial charge in [0.15, 0.2) is 0 Å². The van der Waals surface area contributed by atoms with Crippen molar-refractivity contribution < 1.29 is 22.7 Å². The molecule has 1 N–H and O–H groups in total. The van der Waals surface area contributed by atoms with Crippen LogP contribution in [-0.4, -0.2) is 60.4 Å². The molecule has 2 aliphatic rings. The number of benzene rings is 3. The average Bonchev–Trinajstić information content (AvgIpc) is 2.81. The number of hydrogen-bond acceptors (Lipinski definition) is 4. The molecule has 2 fully saturated rings. The van der Waals surface area contributed by atoms with Crippen molar-refractivity contribution in [3.63, 3.8) is 0 Å². The highest BCUT2D eigenvalue weighted by atomic mass is 32.2. The SMILES string of the molecule is O=C1CN(S(=O)(=O)c2cccc(F)c2)C[C@H]2[C@@H](c3ccc(-c4ccccc4)cc3)[C@H](CO)N12. The Kier molecular flexibility index (Phi) is 5.52. The Labute approximate surface area is 191 Å². The molecule has 3 aromatic rings. The standard InChI is InChI=1S/C25H23FN2O4S/c26-20-7-4-8-21(13-20)33(31,32)27-14-22-25(23(16-29)28(22)24(30)15-27)19-11-9-18(10-12-19)17-5-2-1-3-6-17/h1-13,22-23,25,29H,14-16H2/t22-,23-,25+/m0/s1. The highest BCUT2D eigenvalue weighted by Crippen LogP contribution is 2.44. The fourth-order valence-corrected chi connectivity index (χ4v) is 6.40. The molecule has 2 saturated heterocycles. The Morgan fingerprint density at radius 1 is 0.939 bits per heavy atom. The second-order valence-electron chi connectivity index (χ2n) is 8.39. The van der Waals surface area contributed by atoms with Crippen LogP contribution in [0.15, 0.2) is 83.8 Å². The smallest absolute Gasteiger partial charge is 0.243 e. The zero-order chi connectivity index (χ0) is 23.2. The van der Waals surface area contributed by atoms with E-state index in [1.54, 1.807) is 4.90 Å². The molecule has 0 unspecified atom stereocenters. The molecule has 0 aliphatic carbocycles. The fourth-order valence-electron chi connectivity index (χ4n) is 4.96. The van der Waals surface area contributed by atoms with Crippen LogP contribution in [0.2, 0.25) is 0 Å². The zero-order valence-corrected chi connectivity index (χ0v) is 18.5. The van der Waals surface area contributed by atoms with Gasteiger partial charge in [-0.25, -0.2) is 12.8 Å². The van der Waals surface area contributed by atoms with E-state index in [4.69, 9.17) is 0 Å². The van der Waals surface area contributed by atoms with Gasteiger partial charge in [-0.1, -0.05) is 60.7 Å². The third-order valence-corrected chi connectivity index (χ3v) is 8.37. The number of halogens is 1. The first kappa shape index (κ1) is 21.8. The van der Waals surface area contributed by atoms with Crippen LogP contribution in [0, 0.1) is 5.82 Å². The van der Waals surface area contributed by atoms with Crippen molar-refractivity contribution in [2.24, 2.45) is 0 Å². The Balaban J connectivity index is 1.43. The van der Waals surface area contributed by atoms with Crippen LogP contribution in [0.3, 0.4) is 0 Å². The number of hydrogen-bond donors (Lipinski definition) is 1. The second kappa shape index (κ2) is 8.37. The van der Waals surface area contributed by atoms with E-state index in [2.05, 4.69) is 0 Å². The summed E-state index contributed by atoms with van der Waals surface area (Å²) in [4.78, 5) is 14.2. The predicted octanol–water partition coefficient (Wildman–Crippen LogP) is 2.85. The number of amides is 1. The molecule has 33 heavy (non-hydrogen) atoms. The number of rotatable bonds is 5. The number of aliphatic hydroxyl groups excluding tert-OH is 1. The van der Waals surface area contributed by atoms with Crippen molar-refractivity contribution in [2.45, 2.75) is 22.9 Å². The van der Waals surface area contributed by atoms with E-state index in [1.807, 2.05) is 54.6 Å². The number of sulfonamides is 1. The molecule has 3 atom stereocenters. The third-order valence-electron chi connectivity index (χ3n) is 6.56. The molecule has 5 rings (SSSR count). The molecule has 0 bridgehead atoms. The number of nitrogens with zero attached hydrogens (tertiary/aromatic N) is 2. The molecular weight excluding hydrogens is 443 g/mol. The molecule has 3 aromatic carbocycles. The van der Waals surface area contributed by atoms with Crippen molar-refractivity contribution in [1.82, 2.24) is 9.21 Å². The fraction of sp³-hybridized carbons (Fsp3) is 0.240. The predicted molar refractivity (Wildman–Crippen MR) is 121 cm³/mol. The zero-order valence-electron chi connectivity index (χ0n) is 17.7. The lowest BCUT2D eigenvalue weighted by molar-refractivity contribution is -0.158. The molecule has 6 nitrogen and oxygen atoms in total. The molecule has 170 valence electrons. The Morgan fingerprint density at radius 2 is 1.64 bits per heavy atom. The third kappa shape index (κ3) is 3.74. The number of carbonyl (C=O) groups is 1. The summed E-state index contributed by atoms with van der Waals surface area (Å²) in [6.07, 6.45) is 0. The Morgan fingerprint density at radius 3 is 2.30 bits per heavy atom. The van der Waals surface area contributed by atoms with Crippen LogP contribution in [0.25, 0.3) is 11.1 Å². The lowest BCUT2D eigenvalue weighted by Crippen LogP contribution is -2.73. The summed E-state index contributed by atoms with van der Waals surface area (Å²) in [7, 11) is -4.03. The van der Waals surface area contributed by atoms with Crippen LogP contribution in [0.4, 0.5) is 4.39 Å². The summed E-state index contributed by atoms with van der Waals surface area (Å²) in [5.74, 6) is -1.21. The minimum Gasteiger partial charge on any atom is -0.394 e. The number of aliphatic hydroxyl groups is 1. The summed E-state index contributed by atoms with van der Waals surface area (Å²) in [5, 5.41) is 9.97. The summed E-state index contributed by atoms with van der Waals surface area (Å²) in [5.41, 5.74) is 3.07. The van der Waals surface area contributed by atoms with E-state index in [0.717, 1.165) is 27.1 Å². The molecule has 1 amide bonds. The molecule has 0 saturated carbocycles. The first-order valence-corrected chi connectivity index (χ1v) is 12.2. The van der Waals surface area contributed by atoms with Crippen molar-refractivity contribution in [1.29, 1.82) is 0 Å². The maximum Gasteiger partial charge on any atom is 0.243 e. The van der Waals surface area contributed by atoms with Gasteiger partial charge in [0.05, 0.1) is 30.1 Å². The minimum absolute atomic E-state index is 0.0895. The van der Waals surface area contributed by atoms with Gasteiger partial charge in [-0.05, 0) is 34.9 Å². The van der Waals surface area contributed by atoms with E-state index >= 15 is 0 Å². The van der Waals surface area contributed by atoms with E-state index in [0.29, 0.717) is 0 Å². The molecule has 2 heterocycles. The van der Waals surface area contributed by atoms with E-state index in [-0.39, 0.29) is 36.4 Å². The van der Waals surface area contributed by atoms with E-state index < -0.39 is 27.9 Å². The van der Waals surface area contributed by atoms with Gasteiger partial charge in [0.1, 0.15) is 5.82 Å². The van der Waals surface area contributed by atoms with Gasteiger partial charge >= 0.3 is 0 Å². The second-order valence-corrected chi connectivity index (χ2v) is 10.3. The topological polar surface area (TPSA) is 77.9 Å². The van der Waals surface area contributed by atoms with Crippen LogP contribution >= 0.6 is 0 Å². The molecule has 8 heteroatoms. The lowest BCUT2D eigenvalue weighted by Gasteiger charge is -2.58. The summed E-state index contributed by atoms with van der Waals surface area (Å²) >= 11 is 0. The van der Waals surface area contributed by atoms with Crippen LogP contribution in [-0.2, 0) is 14.8 Å². The van der Waals surface area contributed by atoms with E-state index in [9.17, 15) is 22.7 Å². The number of fused-ring (bicyclic) bond motifs is 1. The summed E-state index contributed by atoms with van der Waals surface area (Å²) in [6.45, 7) is -0.443. The average molecular weight is 467 g/mol. The van der Waals surface area contributed by atoms with Crippen molar-refractivity contribution in [2.75, 3.05) is 19.7 Å². The first-order chi connectivity index (χ1) is 15.9. The van der Waals surface area contributed by atoms with E-state index in [1.165, 1.54) is 18.2 Å². The first-order valence-electron chi connectivity index (χ1n) is 10.7. The Bertz CT molecular complexity index is 1280. The minimum atomic E-state index is -4.03. The van der Waals surface area contributed by atoms with Gasteiger partial charge in [-0.3, -0.25) is 4.79 Å². The van der Waals surface area contributed by atoms with Crippen molar-refractivity contribution >= 4 is 15.9 Å². The lowest BCUT2D eigenvalue weighted by atomic mass is 9.74. The summed E-state index contributed by atoms with van der Waals surface area (Å²) < 4.78 is 40.9. The maximum atomic E-state index is 13.6. The maximum absolute atomic E-state index is 13.6. The van der Waals surface area contributed by atoms with Crippen LogP contribution in [0.1, 0.15) is 11.5 Å². The van der Waals surface area contributed by atoms with Gasteiger partial charge < -0.3 is 10.0 Å². The van der Waals surface area contributed by atoms with Gasteiger partial charge in [0.25, 0.3) is 0 Å². The highest BCUT2D eigenvalue weighted by Gasteiger charge is 2.55. The van der Waals surface area contributed by atoms with Crippen molar-refractivity contribution in [3.05, 3.63) is 90.2 Å². The highest BCUT2D eigenvalue weighted by molar-refractivity contribution is 7.89. The molecule has 0 spiro atoms. The van der Waals surface area contributed by atoms with Crippen LogP contribution in [0.5, 0.6) is 0 Å². The van der Waals surface area contributed by atoms with Crippen molar-refractivity contribution in [3.8, 4) is 11.1 Å². The van der Waals surface area contributed by atoms with Gasteiger partial charge in [-0.2, -0.15) is 4.31 Å². The van der Waals surface area contributed by atoms with Crippen LogP contribution < -0.4 is 0 Å². The molecule has 0 radical (unpaired) electrons.